The maximum atomic E-state index is 13.0. The second kappa shape index (κ2) is 5.50. The molecule has 0 heterocycles. The molecular weight excluding hydrogens is 350 g/mol. The van der Waals surface area contributed by atoms with Gasteiger partial charge in [-0.3, -0.25) is 4.55 Å². The summed E-state index contributed by atoms with van der Waals surface area (Å²) in [5.74, 6) is 0.750. The maximum Gasteiger partial charge on any atom is 0.508 e. The molecule has 0 aliphatic heterocycles. The van der Waals surface area contributed by atoms with Crippen molar-refractivity contribution >= 4 is 16.3 Å². The summed E-state index contributed by atoms with van der Waals surface area (Å²) in [6.07, 6.45) is 3.24. The molecule has 0 aromatic carbocycles. The summed E-state index contributed by atoms with van der Waals surface area (Å²) in [6.45, 7) is -1.87. The molecule has 24 heavy (non-hydrogen) atoms. The highest BCUT2D eigenvalue weighted by atomic mass is 32.2. The van der Waals surface area contributed by atoms with Crippen LogP contribution in [0.25, 0.3) is 0 Å². The zero-order chi connectivity index (χ0) is 17.8. The predicted molar refractivity (Wildman–Crippen MR) is 75.9 cm³/mol. The Morgan fingerprint density at radius 2 is 1.75 bits per heavy atom. The Morgan fingerprint density at radius 1 is 1.17 bits per heavy atom. The number of aliphatic hydroxyl groups is 1. The van der Waals surface area contributed by atoms with E-state index in [0.717, 1.165) is 32.1 Å². The summed E-state index contributed by atoms with van der Waals surface area (Å²) in [6, 6.07) is 0. The third kappa shape index (κ3) is 3.36. The first-order valence-corrected chi connectivity index (χ1v) is 9.23. The van der Waals surface area contributed by atoms with Crippen LogP contribution in [0.1, 0.15) is 38.5 Å². The second-order valence-corrected chi connectivity index (χ2v) is 9.17. The highest BCUT2D eigenvalue weighted by Crippen LogP contribution is 2.61. The van der Waals surface area contributed by atoms with Gasteiger partial charge in [-0.15, -0.1) is 0 Å². The highest BCUT2D eigenvalue weighted by Gasteiger charge is 2.57. The van der Waals surface area contributed by atoms with Gasteiger partial charge in [0.05, 0.1) is 5.60 Å². The first kappa shape index (κ1) is 17.8. The van der Waals surface area contributed by atoms with Gasteiger partial charge in [-0.1, -0.05) is 0 Å². The van der Waals surface area contributed by atoms with Crippen LogP contribution >= 0.6 is 0 Å². The van der Waals surface area contributed by atoms with Crippen LogP contribution in [-0.2, 0) is 19.6 Å². The Labute approximate surface area is 138 Å². The summed E-state index contributed by atoms with van der Waals surface area (Å²) in [7, 11) is -5.66. The molecular formula is C14H20F2O7S. The molecule has 0 amide bonds. The summed E-state index contributed by atoms with van der Waals surface area (Å²) in [5.41, 5.74) is -1.11. The molecule has 2 unspecified atom stereocenters. The average Bonchev–Trinajstić information content (AvgIpc) is 2.39. The molecule has 4 saturated carbocycles. The minimum absolute atomic E-state index is 0.0570. The lowest BCUT2D eigenvalue weighted by Crippen LogP contribution is -2.57. The number of ether oxygens (including phenoxy) is 2. The minimum Gasteiger partial charge on any atom is -0.434 e. The van der Waals surface area contributed by atoms with Crippen LogP contribution in [0.15, 0.2) is 0 Å². The minimum atomic E-state index is -5.66. The SMILES string of the molecule is O=C(OCC12CC3CC(CC(O)(C3)C1)C2)OCC(F)(F)S(=O)(=O)O. The van der Waals surface area contributed by atoms with E-state index in [9.17, 15) is 27.1 Å². The summed E-state index contributed by atoms with van der Waals surface area (Å²) < 4.78 is 64.2. The molecule has 4 rings (SSSR count). The number of hydrogen-bond acceptors (Lipinski definition) is 6. The van der Waals surface area contributed by atoms with Crippen molar-refractivity contribution in [2.75, 3.05) is 13.2 Å². The van der Waals surface area contributed by atoms with Crippen LogP contribution in [-0.4, -0.2) is 48.3 Å². The van der Waals surface area contributed by atoms with Crippen LogP contribution in [0.5, 0.6) is 0 Å². The van der Waals surface area contributed by atoms with Crippen molar-refractivity contribution in [1.82, 2.24) is 0 Å². The molecule has 0 aromatic rings. The zero-order valence-corrected chi connectivity index (χ0v) is 13.7. The molecule has 4 aliphatic carbocycles. The molecule has 7 nitrogen and oxygen atoms in total. The molecule has 0 saturated heterocycles. The smallest absolute Gasteiger partial charge is 0.434 e. The van der Waals surface area contributed by atoms with Crippen molar-refractivity contribution < 1.29 is 41.1 Å². The highest BCUT2D eigenvalue weighted by molar-refractivity contribution is 7.86. The van der Waals surface area contributed by atoms with Crippen LogP contribution in [0.2, 0.25) is 0 Å². The van der Waals surface area contributed by atoms with Gasteiger partial charge >= 0.3 is 21.5 Å². The zero-order valence-electron chi connectivity index (χ0n) is 12.9. The lowest BCUT2D eigenvalue weighted by molar-refractivity contribution is -0.177. The standard InChI is InChI=1S/C14H20F2O7S/c15-14(16,24(19,20)21)8-23-11(17)22-7-12-2-9-1-10(3-12)5-13(18,4-9)6-12/h9-10,18H,1-8H2,(H,19,20,21). The van der Waals surface area contributed by atoms with Gasteiger partial charge in [0, 0.05) is 5.41 Å². The lowest BCUT2D eigenvalue weighted by Gasteiger charge is -2.59. The normalized spacial score (nSPS) is 38.2. The van der Waals surface area contributed by atoms with E-state index in [-0.39, 0.29) is 12.0 Å². The average molecular weight is 370 g/mol. The van der Waals surface area contributed by atoms with E-state index in [1.807, 2.05) is 0 Å². The van der Waals surface area contributed by atoms with Gasteiger partial charge in [0.1, 0.15) is 6.61 Å². The Morgan fingerprint density at radius 3 is 2.25 bits per heavy atom. The van der Waals surface area contributed by atoms with Crippen molar-refractivity contribution in [3.8, 4) is 0 Å². The van der Waals surface area contributed by atoms with Crippen molar-refractivity contribution in [3.05, 3.63) is 0 Å². The number of carbonyl (C=O) groups excluding carboxylic acids is 1. The Kier molecular flexibility index (Phi) is 4.08. The molecule has 2 N–H and O–H groups in total. The third-order valence-corrected chi connectivity index (χ3v) is 6.26. The van der Waals surface area contributed by atoms with Gasteiger partial charge in [-0.25, -0.2) is 4.79 Å². The first-order valence-electron chi connectivity index (χ1n) is 7.79. The summed E-state index contributed by atoms with van der Waals surface area (Å²) >= 11 is 0. The van der Waals surface area contributed by atoms with Crippen molar-refractivity contribution in [2.24, 2.45) is 17.3 Å². The number of hydrogen-bond donors (Lipinski definition) is 2. The van der Waals surface area contributed by atoms with Crippen LogP contribution in [0.4, 0.5) is 13.6 Å². The number of halogens is 2. The van der Waals surface area contributed by atoms with E-state index in [1.54, 1.807) is 0 Å². The monoisotopic (exact) mass is 370 g/mol. The predicted octanol–water partition coefficient (Wildman–Crippen LogP) is 1.95. The number of alkyl halides is 2. The van der Waals surface area contributed by atoms with E-state index in [2.05, 4.69) is 4.74 Å². The quantitative estimate of drug-likeness (QED) is 0.562. The van der Waals surface area contributed by atoms with E-state index < -0.39 is 33.7 Å². The molecule has 4 fully saturated rings. The van der Waals surface area contributed by atoms with Gasteiger partial charge in [0.15, 0.2) is 6.61 Å². The Bertz CT molecular complexity index is 619. The van der Waals surface area contributed by atoms with E-state index in [1.165, 1.54) is 0 Å². The second-order valence-electron chi connectivity index (χ2n) is 7.63. The van der Waals surface area contributed by atoms with E-state index in [0.29, 0.717) is 18.3 Å². The van der Waals surface area contributed by atoms with Crippen LogP contribution < -0.4 is 0 Å². The number of carbonyl (C=O) groups is 1. The maximum absolute atomic E-state index is 13.0. The summed E-state index contributed by atoms with van der Waals surface area (Å²) in [5, 5.41) is 5.99. The van der Waals surface area contributed by atoms with E-state index in [4.69, 9.17) is 9.29 Å². The van der Waals surface area contributed by atoms with Gasteiger partial charge in [0.2, 0.25) is 0 Å². The van der Waals surface area contributed by atoms with Crippen molar-refractivity contribution in [3.63, 3.8) is 0 Å². The largest absolute Gasteiger partial charge is 0.508 e. The number of rotatable bonds is 5. The Hall–Kier alpha value is -1.00. The topological polar surface area (TPSA) is 110 Å². The van der Waals surface area contributed by atoms with Gasteiger partial charge < -0.3 is 14.6 Å². The molecule has 4 bridgehead atoms. The van der Waals surface area contributed by atoms with Gasteiger partial charge in [-0.2, -0.15) is 17.2 Å². The molecule has 0 radical (unpaired) electrons. The van der Waals surface area contributed by atoms with E-state index >= 15 is 0 Å². The third-order valence-electron chi connectivity index (χ3n) is 5.38. The molecule has 138 valence electrons. The molecule has 2 atom stereocenters. The summed E-state index contributed by atoms with van der Waals surface area (Å²) in [4.78, 5) is 11.5. The van der Waals surface area contributed by atoms with Gasteiger partial charge in [-0.05, 0) is 50.4 Å². The fourth-order valence-corrected chi connectivity index (χ4v) is 5.25. The van der Waals surface area contributed by atoms with Gasteiger partial charge in [0.25, 0.3) is 0 Å². The first-order chi connectivity index (χ1) is 10.9. The van der Waals surface area contributed by atoms with Crippen LogP contribution in [0.3, 0.4) is 0 Å². The lowest BCUT2D eigenvalue weighted by atomic mass is 9.48. The Balaban J connectivity index is 1.54. The van der Waals surface area contributed by atoms with Crippen molar-refractivity contribution in [1.29, 1.82) is 0 Å². The fraction of sp³-hybridized carbons (Fsp3) is 0.929. The van der Waals surface area contributed by atoms with Crippen LogP contribution in [0, 0.1) is 17.3 Å². The molecule has 0 spiro atoms. The molecule has 10 heteroatoms. The molecule has 4 aliphatic rings. The fourth-order valence-electron chi connectivity index (χ4n) is 5.04. The van der Waals surface area contributed by atoms with Crippen molar-refractivity contribution in [2.45, 2.75) is 49.4 Å². The molecule has 0 aromatic heterocycles.